The molecule has 0 bridgehead atoms. The second kappa shape index (κ2) is 3.08. The highest BCUT2D eigenvalue weighted by Gasteiger charge is 2.54. The van der Waals surface area contributed by atoms with E-state index in [0.29, 0.717) is 23.3 Å². The fraction of sp³-hybridized carbons (Fsp3) is 0.615. The van der Waals surface area contributed by atoms with E-state index in [0.717, 1.165) is 12.8 Å². The largest absolute Gasteiger partial charge is 0.295 e. The molecule has 0 saturated heterocycles. The Labute approximate surface area is 85.9 Å². The first kappa shape index (κ1) is 9.70. The Morgan fingerprint density at radius 2 is 2.21 bits per heavy atom. The molecule has 0 aromatic heterocycles. The predicted molar refractivity (Wildman–Crippen MR) is 58.0 cm³/mol. The average molecular weight is 190 g/mol. The van der Waals surface area contributed by atoms with Gasteiger partial charge in [0.2, 0.25) is 0 Å². The molecule has 2 aliphatic rings. The number of ketones is 1. The van der Waals surface area contributed by atoms with Crippen molar-refractivity contribution in [3.8, 4) is 0 Å². The second-order valence-corrected chi connectivity index (χ2v) is 4.90. The molecule has 0 radical (unpaired) electrons. The van der Waals surface area contributed by atoms with E-state index in [1.165, 1.54) is 18.4 Å². The number of rotatable bonds is 3. The summed E-state index contributed by atoms with van der Waals surface area (Å²) in [5.74, 6) is 0.815. The molecule has 0 aromatic rings. The molecule has 0 amide bonds. The quantitative estimate of drug-likeness (QED) is 0.493. The van der Waals surface area contributed by atoms with Crippen LogP contribution in [0.15, 0.2) is 24.3 Å². The summed E-state index contributed by atoms with van der Waals surface area (Å²) in [6.07, 6.45) is 5.53. The highest BCUT2D eigenvalue weighted by atomic mass is 16.1. The Morgan fingerprint density at radius 3 is 2.71 bits per heavy atom. The number of hydrogen-bond donors (Lipinski definition) is 0. The summed E-state index contributed by atoms with van der Waals surface area (Å²) in [6.45, 7) is 9.66. The number of hydrogen-bond acceptors (Lipinski definition) is 1. The van der Waals surface area contributed by atoms with Crippen LogP contribution < -0.4 is 0 Å². The van der Waals surface area contributed by atoms with Gasteiger partial charge >= 0.3 is 0 Å². The minimum Gasteiger partial charge on any atom is -0.295 e. The molecule has 0 N–H and O–H groups in total. The summed E-state index contributed by atoms with van der Waals surface area (Å²) in [4.78, 5) is 11.6. The van der Waals surface area contributed by atoms with E-state index >= 15 is 0 Å². The number of carbonyl (C=O) groups is 1. The van der Waals surface area contributed by atoms with Crippen LogP contribution in [-0.4, -0.2) is 5.78 Å². The molecule has 0 aromatic carbocycles. The molecule has 2 rings (SSSR count). The van der Waals surface area contributed by atoms with Crippen LogP contribution in [0.5, 0.6) is 0 Å². The standard InChI is InChI=1S/C13H18O/c1-9(2)12(14)8-11-5-4-10(3)13(11)6-7-13/h11H,1,3-8H2,2H3. The van der Waals surface area contributed by atoms with Crippen molar-refractivity contribution in [1.82, 2.24) is 0 Å². The minimum atomic E-state index is 0.246. The number of Topliss-reactive ketones (excluding diaryl/α,β-unsaturated/α-hetero) is 1. The molecule has 1 spiro atoms. The van der Waals surface area contributed by atoms with Crippen molar-refractivity contribution in [3.05, 3.63) is 24.3 Å². The Bertz CT molecular complexity index is 307. The molecule has 1 unspecified atom stereocenters. The lowest BCUT2D eigenvalue weighted by atomic mass is 9.85. The number of carbonyl (C=O) groups excluding carboxylic acids is 1. The fourth-order valence-corrected chi connectivity index (χ4v) is 2.75. The summed E-state index contributed by atoms with van der Waals surface area (Å²) in [5, 5.41) is 0. The SMILES string of the molecule is C=C(C)C(=O)CC1CCC(=C)C12CC2. The van der Waals surface area contributed by atoms with Crippen molar-refractivity contribution < 1.29 is 4.79 Å². The van der Waals surface area contributed by atoms with Crippen molar-refractivity contribution in [1.29, 1.82) is 0 Å². The van der Waals surface area contributed by atoms with Crippen molar-refractivity contribution in [2.24, 2.45) is 11.3 Å². The van der Waals surface area contributed by atoms with E-state index in [-0.39, 0.29) is 5.78 Å². The van der Waals surface area contributed by atoms with E-state index < -0.39 is 0 Å². The first-order chi connectivity index (χ1) is 6.56. The van der Waals surface area contributed by atoms with Crippen LogP contribution >= 0.6 is 0 Å². The third-order valence-corrected chi connectivity index (χ3v) is 3.98. The highest BCUT2D eigenvalue weighted by Crippen LogP contribution is 2.64. The Morgan fingerprint density at radius 1 is 1.57 bits per heavy atom. The van der Waals surface area contributed by atoms with Gasteiger partial charge in [0, 0.05) is 6.42 Å². The van der Waals surface area contributed by atoms with Crippen molar-refractivity contribution >= 4 is 5.78 Å². The smallest absolute Gasteiger partial charge is 0.158 e. The highest BCUT2D eigenvalue weighted by molar-refractivity contribution is 5.94. The predicted octanol–water partition coefficient (Wildman–Crippen LogP) is 3.27. The monoisotopic (exact) mass is 190 g/mol. The van der Waals surface area contributed by atoms with Crippen LogP contribution in [0.1, 0.15) is 39.0 Å². The molecular formula is C13H18O. The van der Waals surface area contributed by atoms with Gasteiger partial charge in [0.1, 0.15) is 0 Å². The van der Waals surface area contributed by atoms with Gasteiger partial charge in [0.05, 0.1) is 0 Å². The van der Waals surface area contributed by atoms with Crippen LogP contribution in [0.4, 0.5) is 0 Å². The van der Waals surface area contributed by atoms with Crippen molar-refractivity contribution in [2.75, 3.05) is 0 Å². The summed E-state index contributed by atoms with van der Waals surface area (Å²) in [6, 6.07) is 0. The zero-order valence-electron chi connectivity index (χ0n) is 8.94. The van der Waals surface area contributed by atoms with Crippen molar-refractivity contribution in [2.45, 2.75) is 39.0 Å². The fourth-order valence-electron chi connectivity index (χ4n) is 2.75. The normalized spacial score (nSPS) is 28.1. The van der Waals surface area contributed by atoms with Gasteiger partial charge in [-0.3, -0.25) is 4.79 Å². The third kappa shape index (κ3) is 1.35. The van der Waals surface area contributed by atoms with Gasteiger partial charge in [-0.25, -0.2) is 0 Å². The molecule has 76 valence electrons. The lowest BCUT2D eigenvalue weighted by Crippen LogP contribution is -2.15. The molecule has 0 heterocycles. The summed E-state index contributed by atoms with van der Waals surface area (Å²) < 4.78 is 0. The van der Waals surface area contributed by atoms with E-state index in [2.05, 4.69) is 13.2 Å². The van der Waals surface area contributed by atoms with Gasteiger partial charge in [0.15, 0.2) is 5.78 Å². The topological polar surface area (TPSA) is 17.1 Å². The van der Waals surface area contributed by atoms with Crippen molar-refractivity contribution in [3.63, 3.8) is 0 Å². The lowest BCUT2D eigenvalue weighted by molar-refractivity contribution is -0.116. The zero-order valence-corrected chi connectivity index (χ0v) is 8.94. The Balaban J connectivity index is 2.03. The van der Waals surface area contributed by atoms with Crippen LogP contribution in [0.25, 0.3) is 0 Å². The molecule has 0 aliphatic heterocycles. The maximum Gasteiger partial charge on any atom is 0.158 e. The number of allylic oxidation sites excluding steroid dienone is 2. The average Bonchev–Trinajstić information content (AvgIpc) is 2.86. The molecule has 2 saturated carbocycles. The first-order valence-corrected chi connectivity index (χ1v) is 5.43. The first-order valence-electron chi connectivity index (χ1n) is 5.43. The molecule has 1 heteroatoms. The van der Waals surface area contributed by atoms with Gasteiger partial charge in [-0.05, 0) is 49.5 Å². The Hall–Kier alpha value is -0.850. The summed E-state index contributed by atoms with van der Waals surface area (Å²) in [7, 11) is 0. The summed E-state index contributed by atoms with van der Waals surface area (Å²) in [5.41, 5.74) is 2.49. The van der Waals surface area contributed by atoms with Crippen LogP contribution in [0, 0.1) is 11.3 Å². The van der Waals surface area contributed by atoms with Crippen LogP contribution in [-0.2, 0) is 4.79 Å². The van der Waals surface area contributed by atoms with E-state index in [9.17, 15) is 4.79 Å². The molecule has 2 fully saturated rings. The van der Waals surface area contributed by atoms with E-state index in [1.54, 1.807) is 0 Å². The Kier molecular flexibility index (Phi) is 2.13. The van der Waals surface area contributed by atoms with Gasteiger partial charge in [-0.1, -0.05) is 18.7 Å². The molecule has 14 heavy (non-hydrogen) atoms. The second-order valence-electron chi connectivity index (χ2n) is 4.90. The molecule has 1 nitrogen and oxygen atoms in total. The maximum absolute atomic E-state index is 11.6. The molecule has 1 atom stereocenters. The summed E-state index contributed by atoms with van der Waals surface area (Å²) >= 11 is 0. The van der Waals surface area contributed by atoms with Gasteiger partial charge in [0.25, 0.3) is 0 Å². The van der Waals surface area contributed by atoms with E-state index in [4.69, 9.17) is 0 Å². The van der Waals surface area contributed by atoms with Gasteiger partial charge < -0.3 is 0 Å². The van der Waals surface area contributed by atoms with Crippen LogP contribution in [0.3, 0.4) is 0 Å². The van der Waals surface area contributed by atoms with Gasteiger partial charge in [-0.2, -0.15) is 0 Å². The van der Waals surface area contributed by atoms with Gasteiger partial charge in [-0.15, -0.1) is 0 Å². The van der Waals surface area contributed by atoms with E-state index in [1.807, 2.05) is 6.92 Å². The lowest BCUT2D eigenvalue weighted by Gasteiger charge is -2.18. The molecular weight excluding hydrogens is 172 g/mol. The molecule has 2 aliphatic carbocycles. The zero-order chi connectivity index (χ0) is 10.3. The maximum atomic E-state index is 11.6. The minimum absolute atomic E-state index is 0.246. The third-order valence-electron chi connectivity index (χ3n) is 3.98. The van der Waals surface area contributed by atoms with Crippen LogP contribution in [0.2, 0.25) is 0 Å².